The predicted molar refractivity (Wildman–Crippen MR) is 107 cm³/mol. The Morgan fingerprint density at radius 1 is 1.00 bits per heavy atom. The number of ketones is 1. The first-order chi connectivity index (χ1) is 13.9. The number of esters is 2. The zero-order valence-electron chi connectivity index (χ0n) is 16.6. The molecule has 0 radical (unpaired) electrons. The molecule has 1 N–H and O–H groups in total. The van der Waals surface area contributed by atoms with E-state index in [4.69, 9.17) is 19.6 Å². The van der Waals surface area contributed by atoms with Crippen LogP contribution in [0, 0.1) is 18.3 Å². The third-order valence-electron chi connectivity index (χ3n) is 4.32. The molecule has 1 atom stereocenters. The number of carbonyl (C=O) groups excluding carboxylic acids is 3. The smallest absolute Gasteiger partial charge is 0.341 e. The van der Waals surface area contributed by atoms with Crippen LogP contribution >= 0.6 is 0 Å². The van der Waals surface area contributed by atoms with Crippen LogP contribution in [-0.4, -0.2) is 44.3 Å². The molecule has 0 spiro atoms. The van der Waals surface area contributed by atoms with E-state index in [0.29, 0.717) is 11.3 Å². The van der Waals surface area contributed by atoms with Crippen molar-refractivity contribution < 1.29 is 28.6 Å². The molecule has 1 unspecified atom stereocenters. The second-order valence-corrected chi connectivity index (χ2v) is 6.31. The van der Waals surface area contributed by atoms with Gasteiger partial charge in [-0.05, 0) is 19.1 Å². The van der Waals surface area contributed by atoms with Gasteiger partial charge in [0, 0.05) is 12.0 Å². The molecule has 7 nitrogen and oxygen atoms in total. The molecule has 0 saturated carbocycles. The van der Waals surface area contributed by atoms with Gasteiger partial charge in [-0.2, -0.15) is 0 Å². The highest BCUT2D eigenvalue weighted by Gasteiger charge is 2.29. The standard InChI is InChI=1S/C22H23NO6/c1-14-9-10-18(17(13-14)22(26)28-3)29-12-11-16(21(25)27-2)19(23)20(24)15-7-5-4-6-8-15/h4-10,13,16,23H,11-12H2,1-3H3. The van der Waals surface area contributed by atoms with Crippen LogP contribution in [0.25, 0.3) is 0 Å². The van der Waals surface area contributed by atoms with E-state index in [2.05, 4.69) is 0 Å². The van der Waals surface area contributed by atoms with Crippen LogP contribution < -0.4 is 4.74 Å². The van der Waals surface area contributed by atoms with Crippen molar-refractivity contribution in [3.05, 3.63) is 65.2 Å². The van der Waals surface area contributed by atoms with E-state index >= 15 is 0 Å². The Labute approximate surface area is 169 Å². The fourth-order valence-electron chi connectivity index (χ4n) is 2.75. The number of benzene rings is 2. The van der Waals surface area contributed by atoms with E-state index in [9.17, 15) is 14.4 Å². The molecule has 0 heterocycles. The Morgan fingerprint density at radius 3 is 2.31 bits per heavy atom. The van der Waals surface area contributed by atoms with Gasteiger partial charge in [-0.25, -0.2) is 4.79 Å². The minimum Gasteiger partial charge on any atom is -0.493 e. The van der Waals surface area contributed by atoms with Crippen LogP contribution in [0.1, 0.15) is 32.7 Å². The molecule has 152 valence electrons. The van der Waals surface area contributed by atoms with Crippen molar-refractivity contribution in [1.82, 2.24) is 0 Å². The summed E-state index contributed by atoms with van der Waals surface area (Å²) in [4.78, 5) is 36.6. The Morgan fingerprint density at radius 2 is 1.69 bits per heavy atom. The first kappa shape index (κ1) is 21.8. The lowest BCUT2D eigenvalue weighted by Crippen LogP contribution is -2.32. The molecule has 2 aromatic rings. The lowest BCUT2D eigenvalue weighted by molar-refractivity contribution is -0.143. The van der Waals surface area contributed by atoms with Crippen LogP contribution in [0.2, 0.25) is 0 Å². The molecular formula is C22H23NO6. The highest BCUT2D eigenvalue weighted by Crippen LogP contribution is 2.22. The van der Waals surface area contributed by atoms with Crippen LogP contribution in [-0.2, 0) is 14.3 Å². The maximum atomic E-state index is 12.5. The lowest BCUT2D eigenvalue weighted by Gasteiger charge is -2.16. The van der Waals surface area contributed by atoms with Crippen molar-refractivity contribution in [2.75, 3.05) is 20.8 Å². The Hall–Kier alpha value is -3.48. The first-order valence-corrected chi connectivity index (χ1v) is 8.96. The number of ether oxygens (including phenoxy) is 3. The van der Waals surface area contributed by atoms with E-state index in [0.717, 1.165) is 5.56 Å². The molecule has 0 bridgehead atoms. The van der Waals surface area contributed by atoms with Gasteiger partial charge in [0.1, 0.15) is 17.2 Å². The molecule has 2 aromatic carbocycles. The number of methoxy groups -OCH3 is 2. The third kappa shape index (κ3) is 5.51. The van der Waals surface area contributed by atoms with Gasteiger partial charge >= 0.3 is 11.9 Å². The molecule has 0 aromatic heterocycles. The number of nitrogens with one attached hydrogen (secondary N) is 1. The lowest BCUT2D eigenvalue weighted by atomic mass is 9.93. The van der Waals surface area contributed by atoms with E-state index < -0.39 is 23.6 Å². The van der Waals surface area contributed by atoms with Crippen molar-refractivity contribution in [1.29, 1.82) is 5.41 Å². The van der Waals surface area contributed by atoms with Gasteiger partial charge in [-0.15, -0.1) is 0 Å². The molecule has 7 heteroatoms. The average molecular weight is 397 g/mol. The fourth-order valence-corrected chi connectivity index (χ4v) is 2.75. The maximum Gasteiger partial charge on any atom is 0.341 e. The Balaban J connectivity index is 2.13. The molecular weight excluding hydrogens is 374 g/mol. The second-order valence-electron chi connectivity index (χ2n) is 6.31. The van der Waals surface area contributed by atoms with E-state index in [-0.39, 0.29) is 24.3 Å². The summed E-state index contributed by atoms with van der Waals surface area (Å²) in [5.74, 6) is -2.57. The number of hydrogen-bond donors (Lipinski definition) is 1. The summed E-state index contributed by atoms with van der Waals surface area (Å²) in [5, 5.41) is 8.19. The van der Waals surface area contributed by atoms with Gasteiger partial charge in [0.2, 0.25) is 5.78 Å². The van der Waals surface area contributed by atoms with Gasteiger partial charge in [-0.1, -0.05) is 42.0 Å². The van der Waals surface area contributed by atoms with Crippen molar-refractivity contribution in [2.45, 2.75) is 13.3 Å². The number of carbonyl (C=O) groups is 3. The van der Waals surface area contributed by atoms with Gasteiger partial charge in [-0.3, -0.25) is 9.59 Å². The first-order valence-electron chi connectivity index (χ1n) is 8.96. The number of aryl methyl sites for hydroxylation is 1. The quantitative estimate of drug-likeness (QED) is 0.396. The molecule has 0 aliphatic carbocycles. The highest BCUT2D eigenvalue weighted by molar-refractivity contribution is 6.47. The topological polar surface area (TPSA) is 103 Å². The van der Waals surface area contributed by atoms with Gasteiger partial charge < -0.3 is 19.6 Å². The molecule has 0 fully saturated rings. The summed E-state index contributed by atoms with van der Waals surface area (Å²) in [6, 6.07) is 13.3. The number of Topliss-reactive ketones (excluding diaryl/α,β-unsaturated/α-hetero) is 1. The summed E-state index contributed by atoms with van der Waals surface area (Å²) in [6.45, 7) is 1.83. The molecule has 0 amide bonds. The molecule has 0 aliphatic heterocycles. The van der Waals surface area contributed by atoms with Crippen molar-refractivity contribution in [2.24, 2.45) is 5.92 Å². The van der Waals surface area contributed by atoms with E-state index in [1.54, 1.807) is 48.5 Å². The van der Waals surface area contributed by atoms with Crippen LogP contribution in [0.5, 0.6) is 5.75 Å². The van der Waals surface area contributed by atoms with Gasteiger partial charge in [0.25, 0.3) is 0 Å². The van der Waals surface area contributed by atoms with Crippen molar-refractivity contribution >= 4 is 23.4 Å². The van der Waals surface area contributed by atoms with E-state index in [1.165, 1.54) is 14.2 Å². The predicted octanol–water partition coefficient (Wildman–Crippen LogP) is 3.24. The van der Waals surface area contributed by atoms with Crippen LogP contribution in [0.3, 0.4) is 0 Å². The zero-order valence-corrected chi connectivity index (χ0v) is 16.6. The summed E-state index contributed by atoms with van der Waals surface area (Å²) in [5.41, 5.74) is 1.07. The number of rotatable bonds is 9. The molecule has 2 rings (SSSR count). The monoisotopic (exact) mass is 397 g/mol. The summed E-state index contributed by atoms with van der Waals surface area (Å²) in [6.07, 6.45) is 0.0402. The average Bonchev–Trinajstić information content (AvgIpc) is 2.76. The highest BCUT2D eigenvalue weighted by atomic mass is 16.5. The SMILES string of the molecule is COC(=O)c1cc(C)ccc1OCCC(C(=N)C(=O)c1ccccc1)C(=O)OC. The third-order valence-corrected chi connectivity index (χ3v) is 4.32. The zero-order chi connectivity index (χ0) is 21.4. The number of hydrogen-bond acceptors (Lipinski definition) is 7. The summed E-state index contributed by atoms with van der Waals surface area (Å²) < 4.78 is 15.2. The minimum absolute atomic E-state index is 0.00271. The normalized spacial score (nSPS) is 11.3. The van der Waals surface area contributed by atoms with Gasteiger partial charge in [0.05, 0.1) is 26.5 Å². The minimum atomic E-state index is -1.08. The summed E-state index contributed by atoms with van der Waals surface area (Å²) >= 11 is 0. The van der Waals surface area contributed by atoms with Crippen LogP contribution in [0.15, 0.2) is 48.5 Å². The maximum absolute atomic E-state index is 12.5. The fraction of sp³-hybridized carbons (Fsp3) is 0.273. The van der Waals surface area contributed by atoms with Gasteiger partial charge in [0.15, 0.2) is 0 Å². The second kappa shape index (κ2) is 10.2. The van der Waals surface area contributed by atoms with Crippen molar-refractivity contribution in [3.8, 4) is 5.75 Å². The Kier molecular flexibility index (Phi) is 7.65. The molecule has 0 aliphatic rings. The molecule has 29 heavy (non-hydrogen) atoms. The van der Waals surface area contributed by atoms with Crippen LogP contribution in [0.4, 0.5) is 0 Å². The summed E-state index contributed by atoms with van der Waals surface area (Å²) in [7, 11) is 2.48. The van der Waals surface area contributed by atoms with E-state index in [1.807, 2.05) is 6.92 Å². The largest absolute Gasteiger partial charge is 0.493 e. The van der Waals surface area contributed by atoms with Crippen molar-refractivity contribution in [3.63, 3.8) is 0 Å². The Bertz CT molecular complexity index is 907. The molecule has 0 saturated heterocycles.